The molecular formula is C30H43F2N3O3. The van der Waals surface area contributed by atoms with E-state index in [0.717, 1.165) is 51.1 Å². The second kappa shape index (κ2) is 11.9. The monoisotopic (exact) mass is 531 g/mol. The van der Waals surface area contributed by atoms with Gasteiger partial charge in [-0.1, -0.05) is 24.4 Å². The number of nitrogens with one attached hydrogen (secondary N) is 1. The first-order valence-electron chi connectivity index (χ1n) is 14.7. The minimum absolute atomic E-state index is 0.325. The van der Waals surface area contributed by atoms with Crippen molar-refractivity contribution in [3.8, 4) is 5.75 Å². The van der Waals surface area contributed by atoms with Crippen LogP contribution in [0.3, 0.4) is 0 Å². The number of benzene rings is 1. The van der Waals surface area contributed by atoms with Gasteiger partial charge in [0.1, 0.15) is 24.3 Å². The molecule has 0 radical (unpaired) electrons. The van der Waals surface area contributed by atoms with Crippen molar-refractivity contribution in [3.05, 3.63) is 29.6 Å². The number of nitrogens with zero attached hydrogens (tertiary/aromatic N) is 2. The number of piperidine rings is 2. The first-order chi connectivity index (χ1) is 18.4. The highest BCUT2D eigenvalue weighted by atomic mass is 19.1. The highest BCUT2D eigenvalue weighted by Crippen LogP contribution is 2.41. The molecule has 3 heterocycles. The Balaban J connectivity index is 1.19. The summed E-state index contributed by atoms with van der Waals surface area (Å²) in [5.41, 5.74) is -1.08. The van der Waals surface area contributed by atoms with E-state index < -0.39 is 11.3 Å². The molecule has 1 amide bonds. The number of halogens is 2. The summed E-state index contributed by atoms with van der Waals surface area (Å²) in [7, 11) is 1.47. The number of rotatable bonds is 4. The van der Waals surface area contributed by atoms with E-state index in [-0.39, 0.29) is 11.7 Å². The van der Waals surface area contributed by atoms with Crippen LogP contribution in [0.15, 0.2) is 23.4 Å². The highest BCUT2D eigenvalue weighted by Gasteiger charge is 2.47. The van der Waals surface area contributed by atoms with Crippen molar-refractivity contribution in [2.75, 3.05) is 33.3 Å². The van der Waals surface area contributed by atoms with Crippen LogP contribution in [0.25, 0.3) is 0 Å². The molecule has 1 saturated carbocycles. The highest BCUT2D eigenvalue weighted by molar-refractivity contribution is 6.04. The van der Waals surface area contributed by atoms with Gasteiger partial charge in [0.25, 0.3) is 5.91 Å². The summed E-state index contributed by atoms with van der Waals surface area (Å²) in [6.07, 6.45) is 10.8. The molecule has 3 unspecified atom stereocenters. The molecule has 8 heteroatoms. The van der Waals surface area contributed by atoms with Crippen LogP contribution in [-0.2, 0) is 9.63 Å². The molecule has 1 aliphatic carbocycles. The third kappa shape index (κ3) is 6.16. The molecule has 1 aromatic carbocycles. The average molecular weight is 532 g/mol. The van der Waals surface area contributed by atoms with Crippen molar-refractivity contribution >= 4 is 11.6 Å². The molecule has 0 bridgehead atoms. The van der Waals surface area contributed by atoms with Gasteiger partial charge in [-0.25, -0.2) is 8.78 Å². The van der Waals surface area contributed by atoms with Crippen LogP contribution in [0, 0.1) is 17.7 Å². The van der Waals surface area contributed by atoms with Crippen LogP contribution < -0.4 is 10.1 Å². The van der Waals surface area contributed by atoms with Gasteiger partial charge >= 0.3 is 0 Å². The Morgan fingerprint density at radius 1 is 1.11 bits per heavy atom. The molecule has 3 fully saturated rings. The lowest BCUT2D eigenvalue weighted by molar-refractivity contribution is -0.149. The van der Waals surface area contributed by atoms with Crippen molar-refractivity contribution in [1.82, 2.24) is 10.2 Å². The Hall–Kier alpha value is -2.22. The molecule has 6 nitrogen and oxygen atoms in total. The summed E-state index contributed by atoms with van der Waals surface area (Å²) in [4.78, 5) is 20.3. The maximum atomic E-state index is 16.3. The van der Waals surface area contributed by atoms with Crippen molar-refractivity contribution in [1.29, 1.82) is 0 Å². The number of oxime groups is 1. The van der Waals surface area contributed by atoms with Crippen LogP contribution in [-0.4, -0.2) is 61.1 Å². The lowest BCUT2D eigenvalue weighted by atomic mass is 9.81. The number of carbonyl (C=O) groups excluding carboxylic acids is 1. The first kappa shape index (κ1) is 27.4. The second-order valence-electron chi connectivity index (χ2n) is 12.0. The number of hydrogen-bond donors (Lipinski definition) is 1. The lowest BCUT2D eigenvalue weighted by Gasteiger charge is -2.45. The van der Waals surface area contributed by atoms with E-state index in [1.165, 1.54) is 38.5 Å². The second-order valence-corrected chi connectivity index (χ2v) is 12.0. The fourth-order valence-electron chi connectivity index (χ4n) is 7.18. The number of likely N-dealkylation sites (tertiary alicyclic amines) is 1. The third-order valence-electron chi connectivity index (χ3n) is 9.30. The zero-order valence-corrected chi connectivity index (χ0v) is 22.8. The Morgan fingerprint density at radius 3 is 2.63 bits per heavy atom. The zero-order valence-electron chi connectivity index (χ0n) is 22.8. The molecule has 1 aromatic rings. The summed E-state index contributed by atoms with van der Waals surface area (Å²) in [6.45, 7) is 3.13. The van der Waals surface area contributed by atoms with Gasteiger partial charge < -0.3 is 19.8 Å². The van der Waals surface area contributed by atoms with Gasteiger partial charge in [0.15, 0.2) is 5.67 Å². The van der Waals surface area contributed by atoms with Gasteiger partial charge in [0.2, 0.25) is 0 Å². The summed E-state index contributed by atoms with van der Waals surface area (Å²) in [5, 5.41) is 7.67. The normalized spacial score (nSPS) is 31.0. The predicted molar refractivity (Wildman–Crippen MR) is 144 cm³/mol. The van der Waals surface area contributed by atoms with E-state index in [2.05, 4.69) is 10.5 Å². The van der Waals surface area contributed by atoms with E-state index in [0.29, 0.717) is 68.1 Å². The van der Waals surface area contributed by atoms with Crippen LogP contribution in [0.1, 0.15) is 89.0 Å². The molecule has 1 spiro atoms. The number of alkyl halides is 1. The number of ether oxygens (including phenoxy) is 1. The molecule has 1 N–H and O–H groups in total. The molecule has 4 aliphatic rings. The van der Waals surface area contributed by atoms with E-state index in [1.807, 2.05) is 0 Å². The van der Waals surface area contributed by atoms with Gasteiger partial charge in [-0.05, 0) is 88.1 Å². The smallest absolute Gasteiger partial charge is 0.260 e. The summed E-state index contributed by atoms with van der Waals surface area (Å²) >= 11 is 0. The number of fused-ring (bicyclic) bond motifs is 1. The molecule has 2 saturated heterocycles. The van der Waals surface area contributed by atoms with Gasteiger partial charge in [0, 0.05) is 37.9 Å². The summed E-state index contributed by atoms with van der Waals surface area (Å²) in [5.74, 6) is 1.27. The van der Waals surface area contributed by atoms with E-state index in [4.69, 9.17) is 9.57 Å². The van der Waals surface area contributed by atoms with Gasteiger partial charge in [-0.2, -0.15) is 0 Å². The molecule has 38 heavy (non-hydrogen) atoms. The van der Waals surface area contributed by atoms with E-state index in [1.54, 1.807) is 11.0 Å². The quantitative estimate of drug-likeness (QED) is 0.501. The first-order valence-corrected chi connectivity index (χ1v) is 14.7. The fourth-order valence-corrected chi connectivity index (χ4v) is 7.18. The number of carbonyl (C=O) groups is 1. The number of hydrogen-bond acceptors (Lipinski definition) is 5. The Bertz CT molecular complexity index is 1000. The van der Waals surface area contributed by atoms with Crippen molar-refractivity contribution in [2.45, 2.75) is 94.7 Å². The maximum Gasteiger partial charge on any atom is 0.260 e. The molecule has 3 aliphatic heterocycles. The molecule has 3 atom stereocenters. The topological polar surface area (TPSA) is 63.2 Å². The molecule has 5 rings (SSSR count). The van der Waals surface area contributed by atoms with Gasteiger partial charge in [0.05, 0.1) is 5.71 Å². The maximum absolute atomic E-state index is 16.3. The van der Waals surface area contributed by atoms with Gasteiger partial charge in [-0.3, -0.25) is 4.79 Å². The van der Waals surface area contributed by atoms with Crippen molar-refractivity contribution in [3.63, 3.8) is 0 Å². The SMILES string of the molecule is CON=C1CC2(CCN(C(=O)C3(F)CCCCC(CC4CCCNC4)CCC3)CC2)Oc2ccc(F)cc21. The van der Waals surface area contributed by atoms with Crippen LogP contribution >= 0.6 is 0 Å². The fraction of sp³-hybridized carbons (Fsp3) is 0.733. The van der Waals surface area contributed by atoms with Crippen molar-refractivity contribution in [2.24, 2.45) is 17.0 Å². The largest absolute Gasteiger partial charge is 0.486 e. The third-order valence-corrected chi connectivity index (χ3v) is 9.30. The van der Waals surface area contributed by atoms with Gasteiger partial charge in [-0.15, -0.1) is 0 Å². The number of amides is 1. The Labute approximate surface area is 225 Å². The zero-order chi connectivity index (χ0) is 26.6. The molecule has 0 aromatic heterocycles. The molecular weight excluding hydrogens is 488 g/mol. The average Bonchev–Trinajstić information content (AvgIpc) is 3.01. The predicted octanol–water partition coefficient (Wildman–Crippen LogP) is 5.78. The van der Waals surface area contributed by atoms with Crippen LogP contribution in [0.2, 0.25) is 0 Å². The Kier molecular flexibility index (Phi) is 8.56. The van der Waals surface area contributed by atoms with Crippen molar-refractivity contribution < 1.29 is 23.1 Å². The van der Waals surface area contributed by atoms with Crippen LogP contribution in [0.5, 0.6) is 5.75 Å². The van der Waals surface area contributed by atoms with Crippen LogP contribution in [0.4, 0.5) is 8.78 Å². The molecule has 210 valence electrons. The summed E-state index contributed by atoms with van der Waals surface area (Å²) in [6, 6.07) is 4.42. The Morgan fingerprint density at radius 2 is 1.87 bits per heavy atom. The van der Waals surface area contributed by atoms with E-state index in [9.17, 15) is 9.18 Å². The summed E-state index contributed by atoms with van der Waals surface area (Å²) < 4.78 is 36.5. The minimum atomic E-state index is -1.77. The van der Waals surface area contributed by atoms with E-state index >= 15 is 4.39 Å². The lowest BCUT2D eigenvalue weighted by Crippen LogP contribution is -2.55. The minimum Gasteiger partial charge on any atom is -0.486 e. The standard InChI is InChI=1S/C30H43F2N3O3/c1-37-34-26-20-29(38-27-10-9-24(31)19-25(26)27)13-16-35(17-14-29)28(36)30(32)11-3-2-6-22(7-4-12-30)18-23-8-5-15-33-21-23/h9-10,19,22-23,33H,2-8,11-18,20-21H2,1H3.